The molecule has 0 unspecified atom stereocenters. The number of aromatic nitrogens is 1. The number of para-hydroxylation sites is 1. The zero-order chi connectivity index (χ0) is 24.3. The number of fused-ring (bicyclic) bond motifs is 1. The summed E-state index contributed by atoms with van der Waals surface area (Å²) in [6.07, 6.45) is 3.59. The van der Waals surface area contributed by atoms with Crippen LogP contribution in [-0.2, 0) is 10.0 Å². The molecule has 174 valence electrons. The van der Waals surface area contributed by atoms with Gasteiger partial charge < -0.3 is 9.47 Å². The Labute approximate surface area is 203 Å². The Morgan fingerprint density at radius 2 is 1.46 bits per heavy atom. The van der Waals surface area contributed by atoms with Crippen LogP contribution in [0, 0.1) is 0 Å². The van der Waals surface area contributed by atoms with Crippen LogP contribution in [0.5, 0.6) is 17.2 Å². The van der Waals surface area contributed by atoms with Gasteiger partial charge in [-0.15, -0.1) is 0 Å². The molecule has 1 N–H and O–H groups in total. The van der Waals surface area contributed by atoms with Crippen molar-refractivity contribution < 1.29 is 17.9 Å². The SMILES string of the molecule is COc1cc(NS(=O)(=O)c2ccc(Oc3ccccc3)cc2)ccc1-c1cncc2ccccc12. The van der Waals surface area contributed by atoms with Crippen LogP contribution in [0.25, 0.3) is 21.9 Å². The Bertz CT molecular complexity index is 1580. The van der Waals surface area contributed by atoms with Crippen LogP contribution in [-0.4, -0.2) is 20.5 Å². The molecule has 1 aromatic heterocycles. The maximum absolute atomic E-state index is 13.0. The van der Waals surface area contributed by atoms with E-state index in [4.69, 9.17) is 9.47 Å². The number of rotatable bonds is 7. The molecule has 0 fully saturated rings. The highest BCUT2D eigenvalue weighted by atomic mass is 32.2. The third-order valence-corrected chi connectivity index (χ3v) is 6.92. The fourth-order valence-corrected chi connectivity index (χ4v) is 4.88. The first kappa shape index (κ1) is 22.4. The number of nitrogens with zero attached hydrogens (tertiary/aromatic N) is 1. The van der Waals surface area contributed by atoms with Crippen LogP contribution < -0.4 is 14.2 Å². The van der Waals surface area contributed by atoms with E-state index in [2.05, 4.69) is 9.71 Å². The van der Waals surface area contributed by atoms with Gasteiger partial charge in [-0.05, 0) is 53.9 Å². The lowest BCUT2D eigenvalue weighted by Gasteiger charge is -2.14. The topological polar surface area (TPSA) is 77.5 Å². The van der Waals surface area contributed by atoms with Crippen LogP contribution in [0.1, 0.15) is 0 Å². The summed E-state index contributed by atoms with van der Waals surface area (Å²) in [4.78, 5) is 4.47. The van der Waals surface area contributed by atoms with Crippen LogP contribution in [0.3, 0.4) is 0 Å². The smallest absolute Gasteiger partial charge is 0.261 e. The molecule has 0 saturated heterocycles. The van der Waals surface area contributed by atoms with Gasteiger partial charge in [-0.25, -0.2) is 8.42 Å². The lowest BCUT2D eigenvalue weighted by Crippen LogP contribution is -2.13. The van der Waals surface area contributed by atoms with E-state index < -0.39 is 10.0 Å². The Balaban J connectivity index is 1.40. The van der Waals surface area contributed by atoms with Crippen LogP contribution in [0.15, 0.2) is 114 Å². The van der Waals surface area contributed by atoms with E-state index in [1.807, 2.05) is 66.9 Å². The van der Waals surface area contributed by atoms with Crippen molar-refractivity contribution in [1.82, 2.24) is 4.98 Å². The lowest BCUT2D eigenvalue weighted by molar-refractivity contribution is 0.416. The average molecular weight is 483 g/mol. The summed E-state index contributed by atoms with van der Waals surface area (Å²) >= 11 is 0. The van der Waals surface area contributed by atoms with E-state index in [9.17, 15) is 8.42 Å². The van der Waals surface area contributed by atoms with Crippen molar-refractivity contribution in [2.45, 2.75) is 4.90 Å². The van der Waals surface area contributed by atoms with Crippen molar-refractivity contribution in [3.8, 4) is 28.4 Å². The molecule has 0 saturated carbocycles. The maximum atomic E-state index is 13.0. The van der Waals surface area contributed by atoms with Gasteiger partial charge in [0.05, 0.1) is 17.7 Å². The third-order valence-electron chi connectivity index (χ3n) is 5.53. The van der Waals surface area contributed by atoms with Crippen LogP contribution in [0.4, 0.5) is 5.69 Å². The third kappa shape index (κ3) is 4.81. The van der Waals surface area contributed by atoms with Crippen molar-refractivity contribution in [2.24, 2.45) is 0 Å². The number of hydrogen-bond donors (Lipinski definition) is 1. The molecule has 35 heavy (non-hydrogen) atoms. The molecule has 0 amide bonds. The summed E-state index contributed by atoms with van der Waals surface area (Å²) in [5.74, 6) is 1.76. The molecule has 7 heteroatoms. The van der Waals surface area contributed by atoms with Gasteiger partial charge >= 0.3 is 0 Å². The van der Waals surface area contributed by atoms with E-state index in [0.717, 1.165) is 21.9 Å². The predicted octanol–water partition coefficient (Wildman–Crippen LogP) is 6.50. The second-order valence-electron chi connectivity index (χ2n) is 7.82. The number of benzene rings is 4. The predicted molar refractivity (Wildman–Crippen MR) is 137 cm³/mol. The van der Waals surface area contributed by atoms with Gasteiger partial charge in [0.15, 0.2) is 0 Å². The summed E-state index contributed by atoms with van der Waals surface area (Å²) in [7, 11) is -2.26. The molecular weight excluding hydrogens is 460 g/mol. The molecule has 6 nitrogen and oxygen atoms in total. The van der Waals surface area contributed by atoms with Gasteiger partial charge in [-0.1, -0.05) is 42.5 Å². The normalized spacial score (nSPS) is 11.2. The zero-order valence-electron chi connectivity index (χ0n) is 18.9. The molecule has 0 bridgehead atoms. The first-order valence-electron chi connectivity index (χ1n) is 10.9. The zero-order valence-corrected chi connectivity index (χ0v) is 19.7. The fourth-order valence-electron chi connectivity index (χ4n) is 3.83. The maximum Gasteiger partial charge on any atom is 0.261 e. The summed E-state index contributed by atoms with van der Waals surface area (Å²) in [6, 6.07) is 28.7. The highest BCUT2D eigenvalue weighted by molar-refractivity contribution is 7.92. The summed E-state index contributed by atoms with van der Waals surface area (Å²) in [6.45, 7) is 0. The minimum Gasteiger partial charge on any atom is -0.496 e. The Kier molecular flexibility index (Phi) is 6.08. The van der Waals surface area contributed by atoms with Gasteiger partial charge in [0.1, 0.15) is 17.2 Å². The highest BCUT2D eigenvalue weighted by Crippen LogP contribution is 2.36. The molecule has 0 atom stereocenters. The molecule has 0 spiro atoms. The van der Waals surface area contributed by atoms with E-state index in [-0.39, 0.29) is 4.90 Å². The number of sulfonamides is 1. The fraction of sp³-hybridized carbons (Fsp3) is 0.0357. The second-order valence-corrected chi connectivity index (χ2v) is 9.50. The quantitative estimate of drug-likeness (QED) is 0.286. The van der Waals surface area contributed by atoms with Crippen molar-refractivity contribution in [3.05, 3.63) is 109 Å². The molecule has 1 heterocycles. The van der Waals surface area contributed by atoms with Crippen LogP contribution >= 0.6 is 0 Å². The number of anilines is 1. The minimum absolute atomic E-state index is 0.124. The molecule has 0 aliphatic rings. The van der Waals surface area contributed by atoms with E-state index in [0.29, 0.717) is 22.9 Å². The molecule has 5 aromatic rings. The molecule has 4 aromatic carbocycles. The van der Waals surface area contributed by atoms with Crippen LogP contribution in [0.2, 0.25) is 0 Å². The average Bonchev–Trinajstić information content (AvgIpc) is 2.89. The van der Waals surface area contributed by atoms with E-state index in [1.54, 1.807) is 37.6 Å². The van der Waals surface area contributed by atoms with E-state index in [1.165, 1.54) is 12.1 Å². The number of pyridine rings is 1. The highest BCUT2D eigenvalue weighted by Gasteiger charge is 2.17. The Morgan fingerprint density at radius 3 is 2.23 bits per heavy atom. The second kappa shape index (κ2) is 9.48. The van der Waals surface area contributed by atoms with E-state index >= 15 is 0 Å². The number of nitrogens with one attached hydrogen (secondary N) is 1. The standard InChI is InChI=1S/C28H22N2O4S/c1-33-28-17-21(11-16-26(28)27-19-29-18-20-7-5-6-10-25(20)27)30-35(31,32)24-14-12-23(13-15-24)34-22-8-3-2-4-9-22/h2-19,30H,1H3. The molecule has 0 aliphatic heterocycles. The largest absolute Gasteiger partial charge is 0.496 e. The first-order valence-corrected chi connectivity index (χ1v) is 12.4. The van der Waals surface area contributed by atoms with Gasteiger partial charge in [0.2, 0.25) is 0 Å². The number of methoxy groups -OCH3 is 1. The Morgan fingerprint density at radius 1 is 0.743 bits per heavy atom. The summed E-state index contributed by atoms with van der Waals surface area (Å²) in [5.41, 5.74) is 2.12. The molecular formula is C28H22N2O4S. The van der Waals surface area contributed by atoms with Gasteiger partial charge in [0.25, 0.3) is 10.0 Å². The summed E-state index contributed by atoms with van der Waals surface area (Å²) in [5, 5.41) is 2.04. The number of hydrogen-bond acceptors (Lipinski definition) is 5. The Hall–Kier alpha value is -4.36. The van der Waals surface area contributed by atoms with Crippen molar-refractivity contribution >= 4 is 26.5 Å². The summed E-state index contributed by atoms with van der Waals surface area (Å²) < 4.78 is 40.0. The molecule has 5 rings (SSSR count). The molecule has 0 radical (unpaired) electrons. The van der Waals surface area contributed by atoms with Crippen molar-refractivity contribution in [2.75, 3.05) is 11.8 Å². The van der Waals surface area contributed by atoms with Crippen molar-refractivity contribution in [3.63, 3.8) is 0 Å². The van der Waals surface area contributed by atoms with Gasteiger partial charge in [-0.2, -0.15) is 0 Å². The van der Waals surface area contributed by atoms with Gasteiger partial charge in [0, 0.05) is 35.0 Å². The first-order chi connectivity index (χ1) is 17.0. The minimum atomic E-state index is -3.81. The monoisotopic (exact) mass is 482 g/mol. The lowest BCUT2D eigenvalue weighted by atomic mass is 10.00. The van der Waals surface area contributed by atoms with Crippen molar-refractivity contribution in [1.29, 1.82) is 0 Å². The molecule has 0 aliphatic carbocycles. The van der Waals surface area contributed by atoms with Gasteiger partial charge in [-0.3, -0.25) is 9.71 Å². The number of ether oxygens (including phenoxy) is 2.